The van der Waals surface area contributed by atoms with Gasteiger partial charge in [-0.2, -0.15) is 0 Å². The van der Waals surface area contributed by atoms with Gasteiger partial charge in [0.05, 0.1) is 23.2 Å². The molecule has 0 atom stereocenters. The van der Waals surface area contributed by atoms with Gasteiger partial charge in [-0.3, -0.25) is 14.7 Å². The Morgan fingerprint density at radius 1 is 1.13 bits per heavy atom. The molecule has 0 aliphatic carbocycles. The molecule has 4 aromatic rings. The molecule has 0 saturated carbocycles. The number of pyridine rings is 1. The fourth-order valence-electron chi connectivity index (χ4n) is 3.17. The van der Waals surface area contributed by atoms with E-state index in [2.05, 4.69) is 31.0 Å². The maximum atomic E-state index is 13.4. The molecule has 0 unspecified atom stereocenters. The molecule has 2 aromatic carbocycles. The van der Waals surface area contributed by atoms with Gasteiger partial charge >= 0.3 is 0 Å². The fourth-order valence-corrected chi connectivity index (χ4v) is 5.26. The number of thioether (sulfide) groups is 1. The van der Waals surface area contributed by atoms with Crippen LogP contribution in [0.4, 0.5) is 5.13 Å². The van der Waals surface area contributed by atoms with Crippen LogP contribution >= 0.6 is 34.7 Å². The lowest BCUT2D eigenvalue weighted by Crippen LogP contribution is -2.31. The monoisotopic (exact) mass is 467 g/mol. The number of carbonyl (C=O) groups is 1. The van der Waals surface area contributed by atoms with Gasteiger partial charge in [-0.05, 0) is 47.5 Å². The zero-order chi connectivity index (χ0) is 21.8. The highest BCUT2D eigenvalue weighted by Gasteiger charge is 2.21. The van der Waals surface area contributed by atoms with Gasteiger partial charge in [-0.15, -0.1) is 11.8 Å². The number of nitrogens with zero attached hydrogens (tertiary/aromatic N) is 3. The van der Waals surface area contributed by atoms with E-state index in [1.807, 2.05) is 54.2 Å². The van der Waals surface area contributed by atoms with Crippen LogP contribution < -0.4 is 4.90 Å². The average molecular weight is 468 g/mol. The zero-order valence-electron chi connectivity index (χ0n) is 17.3. The molecule has 4 rings (SSSR count). The Labute approximate surface area is 195 Å². The van der Waals surface area contributed by atoms with Crippen molar-refractivity contribution in [2.24, 2.45) is 0 Å². The Hall–Kier alpha value is -2.41. The minimum Gasteiger partial charge on any atom is -0.283 e. The summed E-state index contributed by atoms with van der Waals surface area (Å²) in [6.45, 7) is 4.76. The van der Waals surface area contributed by atoms with E-state index >= 15 is 0 Å². The molecule has 7 heteroatoms. The summed E-state index contributed by atoms with van der Waals surface area (Å²) in [5.41, 5.74) is 2.78. The lowest BCUT2D eigenvalue weighted by molar-refractivity contribution is -0.118. The van der Waals surface area contributed by atoms with Crippen LogP contribution in [0.2, 0.25) is 5.02 Å². The minimum atomic E-state index is -0.00160. The number of rotatable bonds is 7. The van der Waals surface area contributed by atoms with Crippen LogP contribution in [0, 0.1) is 0 Å². The maximum Gasteiger partial charge on any atom is 0.233 e. The highest BCUT2D eigenvalue weighted by Crippen LogP contribution is 2.32. The van der Waals surface area contributed by atoms with Gasteiger partial charge in [0, 0.05) is 27.6 Å². The van der Waals surface area contributed by atoms with Crippen LogP contribution in [0.5, 0.6) is 0 Å². The summed E-state index contributed by atoms with van der Waals surface area (Å²) < 4.78 is 0.960. The molecule has 0 bridgehead atoms. The first kappa shape index (κ1) is 21.8. The fraction of sp³-hybridized carbons (Fsp3) is 0.208. The molecule has 2 aromatic heterocycles. The molecule has 0 saturated heterocycles. The Bertz CT molecular complexity index is 1180. The van der Waals surface area contributed by atoms with E-state index in [9.17, 15) is 4.79 Å². The highest BCUT2D eigenvalue weighted by molar-refractivity contribution is 7.99. The van der Waals surface area contributed by atoms with Crippen molar-refractivity contribution in [1.29, 1.82) is 0 Å². The van der Waals surface area contributed by atoms with E-state index in [-0.39, 0.29) is 5.91 Å². The summed E-state index contributed by atoms with van der Waals surface area (Å²) in [6, 6.07) is 17.7. The van der Waals surface area contributed by atoms with E-state index in [0.29, 0.717) is 28.4 Å². The molecule has 4 nitrogen and oxygen atoms in total. The van der Waals surface area contributed by atoms with E-state index in [1.54, 1.807) is 17.3 Å². The van der Waals surface area contributed by atoms with E-state index in [4.69, 9.17) is 16.6 Å². The predicted molar refractivity (Wildman–Crippen MR) is 131 cm³/mol. The second-order valence-corrected chi connectivity index (χ2v) is 10.5. The summed E-state index contributed by atoms with van der Waals surface area (Å²) in [7, 11) is 0. The van der Waals surface area contributed by atoms with Crippen molar-refractivity contribution in [3.8, 4) is 0 Å². The van der Waals surface area contributed by atoms with Gasteiger partial charge in [0.25, 0.3) is 0 Å². The number of halogens is 1. The predicted octanol–water partition coefficient (Wildman–Crippen LogP) is 6.62. The number of hydrogen-bond acceptors (Lipinski definition) is 5. The number of thiazole rings is 1. The van der Waals surface area contributed by atoms with E-state index in [0.717, 1.165) is 21.3 Å². The lowest BCUT2D eigenvalue weighted by atomic mass is 10.1. The molecular weight excluding hydrogens is 446 g/mol. The zero-order valence-corrected chi connectivity index (χ0v) is 19.7. The SMILES string of the molecule is CC(C)Sc1ccc(CC(=O)N(Cc2cccnc2)c2nc3ccc(Cl)cc3s2)cc1. The van der Waals surface area contributed by atoms with Crippen LogP contribution in [-0.4, -0.2) is 21.1 Å². The van der Waals surface area contributed by atoms with Gasteiger partial charge in [-0.25, -0.2) is 4.98 Å². The molecule has 0 aliphatic rings. The molecule has 0 aliphatic heterocycles. The summed E-state index contributed by atoms with van der Waals surface area (Å²) in [5.74, 6) is -0.00160. The molecular formula is C24H22ClN3OS2. The van der Waals surface area contributed by atoms with Gasteiger partial charge in [0.1, 0.15) is 0 Å². The summed E-state index contributed by atoms with van der Waals surface area (Å²) in [5, 5.41) is 1.85. The Balaban J connectivity index is 1.60. The Kier molecular flexibility index (Phi) is 6.90. The lowest BCUT2D eigenvalue weighted by Gasteiger charge is -2.20. The van der Waals surface area contributed by atoms with Crippen LogP contribution in [0.15, 0.2) is 71.9 Å². The van der Waals surface area contributed by atoms with Crippen molar-refractivity contribution in [2.75, 3.05) is 4.90 Å². The molecule has 0 N–H and O–H groups in total. The molecule has 0 fully saturated rings. The van der Waals surface area contributed by atoms with Crippen LogP contribution in [0.25, 0.3) is 10.2 Å². The van der Waals surface area contributed by atoms with Crippen molar-refractivity contribution >= 4 is 56.0 Å². The number of hydrogen-bond donors (Lipinski definition) is 0. The van der Waals surface area contributed by atoms with Crippen molar-refractivity contribution in [2.45, 2.75) is 37.0 Å². The number of aromatic nitrogens is 2. The third-order valence-electron chi connectivity index (χ3n) is 4.59. The Morgan fingerprint density at radius 2 is 1.94 bits per heavy atom. The maximum absolute atomic E-state index is 13.4. The number of carbonyl (C=O) groups excluding carboxylic acids is 1. The third-order valence-corrected chi connectivity index (χ3v) is 6.88. The molecule has 0 spiro atoms. The quantitative estimate of drug-likeness (QED) is 0.286. The number of anilines is 1. The van der Waals surface area contributed by atoms with Gasteiger partial charge in [0.2, 0.25) is 5.91 Å². The van der Waals surface area contributed by atoms with Gasteiger partial charge in [-0.1, -0.05) is 55.0 Å². The second-order valence-electron chi connectivity index (χ2n) is 7.44. The largest absolute Gasteiger partial charge is 0.283 e. The Morgan fingerprint density at radius 3 is 2.65 bits per heavy atom. The first-order valence-electron chi connectivity index (χ1n) is 9.99. The standard InChI is InChI=1S/C24H22ClN3OS2/c1-16(2)30-20-8-5-17(6-9-20)12-23(29)28(15-18-4-3-11-26-14-18)24-27-21-10-7-19(25)13-22(21)31-24/h3-11,13-14,16H,12,15H2,1-2H3. The minimum absolute atomic E-state index is 0.00160. The van der Waals surface area contributed by atoms with Crippen LogP contribution in [0.3, 0.4) is 0 Å². The van der Waals surface area contributed by atoms with E-state index in [1.165, 1.54) is 16.2 Å². The van der Waals surface area contributed by atoms with Crippen LogP contribution in [0.1, 0.15) is 25.0 Å². The number of benzene rings is 2. The van der Waals surface area contributed by atoms with Crippen LogP contribution in [-0.2, 0) is 17.8 Å². The van der Waals surface area contributed by atoms with Crippen molar-refractivity contribution in [1.82, 2.24) is 9.97 Å². The second kappa shape index (κ2) is 9.81. The molecule has 2 heterocycles. The number of amides is 1. The van der Waals surface area contributed by atoms with Gasteiger partial charge < -0.3 is 0 Å². The summed E-state index contributed by atoms with van der Waals surface area (Å²) in [4.78, 5) is 25.2. The third kappa shape index (κ3) is 5.64. The topological polar surface area (TPSA) is 46.1 Å². The smallest absolute Gasteiger partial charge is 0.233 e. The van der Waals surface area contributed by atoms with Crippen molar-refractivity contribution in [3.05, 3.63) is 83.1 Å². The summed E-state index contributed by atoms with van der Waals surface area (Å²) >= 11 is 9.43. The highest BCUT2D eigenvalue weighted by atomic mass is 35.5. The molecule has 31 heavy (non-hydrogen) atoms. The average Bonchev–Trinajstić information content (AvgIpc) is 3.16. The van der Waals surface area contributed by atoms with Gasteiger partial charge in [0.15, 0.2) is 5.13 Å². The molecule has 0 radical (unpaired) electrons. The van der Waals surface area contributed by atoms with Crippen molar-refractivity contribution < 1.29 is 4.79 Å². The first-order chi connectivity index (χ1) is 15.0. The molecule has 158 valence electrons. The normalized spacial score (nSPS) is 11.2. The van der Waals surface area contributed by atoms with Crippen molar-refractivity contribution in [3.63, 3.8) is 0 Å². The van der Waals surface area contributed by atoms with E-state index < -0.39 is 0 Å². The molecule has 1 amide bonds. The first-order valence-corrected chi connectivity index (χ1v) is 12.1. The number of fused-ring (bicyclic) bond motifs is 1. The summed E-state index contributed by atoms with van der Waals surface area (Å²) in [6.07, 6.45) is 3.82.